The number of nitrogens with one attached hydrogen (secondary N) is 1. The van der Waals surface area contributed by atoms with E-state index in [0.717, 1.165) is 56.7 Å². The monoisotopic (exact) mass is 1060 g/mol. The van der Waals surface area contributed by atoms with Crippen LogP contribution in [0.1, 0.15) is 79.2 Å². The van der Waals surface area contributed by atoms with Crippen molar-refractivity contribution in [2.75, 3.05) is 66.5 Å². The van der Waals surface area contributed by atoms with Crippen LogP contribution in [0, 0.1) is 0 Å². The van der Waals surface area contributed by atoms with E-state index < -0.39 is 0 Å². The summed E-state index contributed by atoms with van der Waals surface area (Å²) in [6, 6.07) is 33.1. The average molecular weight is 1060 g/mol. The van der Waals surface area contributed by atoms with Crippen molar-refractivity contribution in [2.24, 2.45) is 0 Å². The number of hydrogen-bond acceptors (Lipinski definition) is 12. The molecule has 1 N–H and O–H groups in total. The Labute approximate surface area is 449 Å². The summed E-state index contributed by atoms with van der Waals surface area (Å²) in [6.45, 7) is 9.01. The standard InChI is InChI=1S/C47H31NOS2.C9H6OS2.C7H15NO4/c1-2-10-49-11-9-48-19-28-26-17-24-15-22-13-20-5-6-21-14-23-16-25-18-27(38(28)47(48)31-8-7-30(51-31)29-4-3-12-50-29)40-39(26)43-36(24)34(22)41-32(20)33(21)42-35(23)37(25)44(40)46(43)45(41)42;10-6-7-3-4-9(12-7)8-2-1-5-11-8;1-10-4-5-11-3-2-8-6-12-7-9/h3-8,12-14,17-18,28,38,47H,2,9-11,15-16,19H2,1H3;1-6H;7-8H,2-6H2,1H3. The molecular formula is C63H52N2O6S4. The number of carbonyl (C=O) groups is 2. The largest absolute Gasteiger partial charge is 0.452 e. The van der Waals surface area contributed by atoms with E-state index in [1.165, 1.54) is 57.3 Å². The number of fused-ring (bicyclic) bond motifs is 3. The summed E-state index contributed by atoms with van der Waals surface area (Å²) in [6.07, 6.45) is 4.08. The van der Waals surface area contributed by atoms with Crippen LogP contribution in [0.25, 0.3) is 106 Å². The summed E-state index contributed by atoms with van der Waals surface area (Å²) in [5.74, 6) is 0.888. The molecule has 0 amide bonds. The zero-order valence-electron chi connectivity index (χ0n) is 41.6. The van der Waals surface area contributed by atoms with E-state index in [1.54, 1.807) is 116 Å². The molecule has 8 nitrogen and oxygen atoms in total. The molecule has 0 radical (unpaired) electrons. The summed E-state index contributed by atoms with van der Waals surface area (Å²) in [4.78, 5) is 30.4. The van der Waals surface area contributed by atoms with Gasteiger partial charge >= 0.3 is 0 Å². The zero-order valence-corrected chi connectivity index (χ0v) is 44.9. The second-order valence-electron chi connectivity index (χ2n) is 20.6. The highest BCUT2D eigenvalue weighted by Gasteiger charge is 2.50. The normalized spacial score (nSPS) is 17.4. The fraction of sp³-hybridized carbons (Fsp3) is 0.270. The molecule has 1 saturated heterocycles. The first kappa shape index (κ1) is 46.4. The molecule has 3 unspecified atom stereocenters. The number of rotatable bonds is 18. The van der Waals surface area contributed by atoms with Gasteiger partial charge in [-0.2, -0.15) is 0 Å². The number of benzene rings is 7. The molecule has 9 aromatic carbocycles. The number of nitrogens with zero attached hydrogens (tertiary/aromatic N) is 1. The number of likely N-dealkylation sites (tertiary alicyclic amines) is 1. The minimum absolute atomic E-state index is 0.233. The maximum atomic E-state index is 10.4. The van der Waals surface area contributed by atoms with Crippen molar-refractivity contribution >= 4 is 144 Å². The van der Waals surface area contributed by atoms with Crippen molar-refractivity contribution in [3.8, 4) is 19.5 Å². The molecule has 75 heavy (non-hydrogen) atoms. The highest BCUT2D eigenvalue weighted by Crippen LogP contribution is 2.67. The van der Waals surface area contributed by atoms with Gasteiger partial charge in [0.1, 0.15) is 6.73 Å². The molecule has 5 heterocycles. The second-order valence-corrected chi connectivity index (χ2v) is 24.7. The maximum absolute atomic E-state index is 10.4. The Morgan fingerprint density at radius 1 is 0.600 bits per heavy atom. The fourth-order valence-corrected chi connectivity index (χ4v) is 17.9. The van der Waals surface area contributed by atoms with Crippen LogP contribution < -0.4 is 5.32 Å². The van der Waals surface area contributed by atoms with Crippen molar-refractivity contribution in [3.05, 3.63) is 139 Å². The molecule has 374 valence electrons. The van der Waals surface area contributed by atoms with E-state index in [-0.39, 0.29) is 6.73 Å². The molecule has 4 aliphatic rings. The van der Waals surface area contributed by atoms with E-state index in [9.17, 15) is 9.59 Å². The van der Waals surface area contributed by atoms with Crippen LogP contribution >= 0.6 is 45.3 Å². The van der Waals surface area contributed by atoms with Crippen molar-refractivity contribution in [3.63, 3.8) is 0 Å². The van der Waals surface area contributed by atoms with Gasteiger partial charge in [-0.05, 0) is 186 Å². The van der Waals surface area contributed by atoms with Gasteiger partial charge in [-0.25, -0.2) is 0 Å². The van der Waals surface area contributed by atoms with Crippen LogP contribution in [0.5, 0.6) is 0 Å². The molecule has 1 fully saturated rings. The molecule has 13 aromatic rings. The SMILES string of the molecule is CCCOCCN1CC2c3cc4c5c6c(cc7ccc8cc9c%10c%11c(cc(c%12c3c5c(c%12%11)c3c6c7c8c%103)C2C1c1ccc(-c2cccs2)s1)C9)C4.COCCOCCNCOC=O.O=Cc1ccc(-c2cccs2)s1. The van der Waals surface area contributed by atoms with Gasteiger partial charge in [-0.15, -0.1) is 45.3 Å². The quantitative estimate of drug-likeness (QED) is 0.0394. The number of hydrogen-bond donors (Lipinski definition) is 1. The number of aldehydes is 1. The predicted molar refractivity (Wildman–Crippen MR) is 312 cm³/mol. The predicted octanol–water partition coefficient (Wildman–Crippen LogP) is 15.0. The number of ether oxygens (including phenoxy) is 4. The van der Waals surface area contributed by atoms with E-state index in [1.807, 2.05) is 46.3 Å². The molecule has 1 aliphatic heterocycles. The third kappa shape index (κ3) is 6.87. The summed E-state index contributed by atoms with van der Waals surface area (Å²) in [7, 11) is 1.62. The first-order chi connectivity index (χ1) is 37.1. The average Bonchev–Trinajstić information content (AvgIpc) is 4.17. The molecule has 3 aliphatic carbocycles. The van der Waals surface area contributed by atoms with Crippen molar-refractivity contribution in [2.45, 2.75) is 44.1 Å². The van der Waals surface area contributed by atoms with E-state index in [4.69, 9.17) is 14.2 Å². The summed E-state index contributed by atoms with van der Waals surface area (Å²) >= 11 is 7.12. The van der Waals surface area contributed by atoms with Gasteiger partial charge in [0, 0.05) is 69.6 Å². The van der Waals surface area contributed by atoms with Crippen LogP contribution in [0.3, 0.4) is 0 Å². The summed E-state index contributed by atoms with van der Waals surface area (Å²) < 4.78 is 20.5. The van der Waals surface area contributed by atoms with Crippen LogP contribution in [-0.4, -0.2) is 84.2 Å². The van der Waals surface area contributed by atoms with Crippen molar-refractivity contribution < 1.29 is 28.5 Å². The van der Waals surface area contributed by atoms with Gasteiger partial charge in [-0.1, -0.05) is 55.5 Å². The van der Waals surface area contributed by atoms with E-state index in [0.29, 0.717) is 50.7 Å². The molecular weight excluding hydrogens is 1010 g/mol. The maximum Gasteiger partial charge on any atom is 0.294 e. The Balaban J connectivity index is 0.000000172. The number of carbonyl (C=O) groups excluding carboxylic acids is 2. The van der Waals surface area contributed by atoms with Crippen LogP contribution in [-0.2, 0) is 36.6 Å². The Morgan fingerprint density at radius 3 is 1.81 bits per heavy atom. The molecule has 0 bridgehead atoms. The number of methoxy groups -OCH3 is 1. The molecule has 17 rings (SSSR count). The zero-order chi connectivity index (χ0) is 50.1. The van der Waals surface area contributed by atoms with Gasteiger partial charge in [0.05, 0.1) is 37.3 Å². The Hall–Kier alpha value is -5.90. The second kappa shape index (κ2) is 18.4. The van der Waals surface area contributed by atoms with Crippen LogP contribution in [0.2, 0.25) is 0 Å². The van der Waals surface area contributed by atoms with Crippen molar-refractivity contribution in [1.29, 1.82) is 0 Å². The van der Waals surface area contributed by atoms with Gasteiger partial charge in [0.15, 0.2) is 6.29 Å². The minimum atomic E-state index is 0.233. The lowest BCUT2D eigenvalue weighted by atomic mass is 9.72. The highest BCUT2D eigenvalue weighted by atomic mass is 32.1. The fourth-order valence-electron chi connectivity index (χ4n) is 14.2. The minimum Gasteiger partial charge on any atom is -0.452 e. The molecule has 0 spiro atoms. The molecule has 3 atom stereocenters. The number of thiophene rings is 4. The van der Waals surface area contributed by atoms with Gasteiger partial charge in [-0.3, -0.25) is 19.8 Å². The first-order valence-corrected chi connectivity index (χ1v) is 29.6. The smallest absolute Gasteiger partial charge is 0.294 e. The van der Waals surface area contributed by atoms with Gasteiger partial charge < -0.3 is 18.9 Å². The van der Waals surface area contributed by atoms with Crippen LogP contribution in [0.4, 0.5) is 0 Å². The van der Waals surface area contributed by atoms with Crippen LogP contribution in [0.15, 0.2) is 95.7 Å². The van der Waals surface area contributed by atoms with E-state index in [2.05, 4.69) is 94.0 Å². The first-order valence-electron chi connectivity index (χ1n) is 26.2. The molecule has 0 saturated carbocycles. The summed E-state index contributed by atoms with van der Waals surface area (Å²) in [5, 5.41) is 32.3. The lowest BCUT2D eigenvalue weighted by Gasteiger charge is -2.32. The molecule has 4 aromatic heterocycles. The van der Waals surface area contributed by atoms with E-state index >= 15 is 0 Å². The lowest BCUT2D eigenvalue weighted by molar-refractivity contribution is -0.129. The lowest BCUT2D eigenvalue weighted by Crippen LogP contribution is -2.28. The van der Waals surface area contributed by atoms with Crippen molar-refractivity contribution in [1.82, 2.24) is 10.2 Å². The Morgan fingerprint density at radius 2 is 1.20 bits per heavy atom. The Kier molecular flexibility index (Phi) is 11.4. The summed E-state index contributed by atoms with van der Waals surface area (Å²) in [5.41, 5.74) is 9.55. The highest BCUT2D eigenvalue weighted by molar-refractivity contribution is 7.22. The van der Waals surface area contributed by atoms with Gasteiger partial charge in [0.25, 0.3) is 6.47 Å². The Bertz CT molecular complexity index is 4200. The third-order valence-electron chi connectivity index (χ3n) is 16.7. The topological polar surface area (TPSA) is 86.3 Å². The third-order valence-corrected chi connectivity index (χ3v) is 21.0. The molecule has 12 heteroatoms. The van der Waals surface area contributed by atoms with Gasteiger partial charge in [0.2, 0.25) is 0 Å².